The molecule has 0 fully saturated rings. The van der Waals surface area contributed by atoms with Gasteiger partial charge in [0, 0.05) is 10.9 Å². The van der Waals surface area contributed by atoms with Gasteiger partial charge in [0.25, 0.3) is 5.91 Å². The maximum absolute atomic E-state index is 12.0. The number of nitrogens with one attached hydrogen (secondary N) is 1. The van der Waals surface area contributed by atoms with Crippen molar-refractivity contribution in [2.45, 2.75) is 6.54 Å². The van der Waals surface area contributed by atoms with E-state index >= 15 is 0 Å². The molecule has 0 aliphatic rings. The van der Waals surface area contributed by atoms with Crippen LogP contribution in [-0.4, -0.2) is 15.9 Å². The maximum Gasteiger partial charge on any atom is 0.251 e. The zero-order chi connectivity index (χ0) is 13.2. The van der Waals surface area contributed by atoms with Crippen molar-refractivity contribution in [3.8, 4) is 0 Å². The van der Waals surface area contributed by atoms with Gasteiger partial charge >= 0.3 is 0 Å². The SMILES string of the molecule is Nc1nc2ccc(C(=O)NCc3cscn3)cc2s1. The van der Waals surface area contributed by atoms with Crippen LogP contribution in [0.2, 0.25) is 0 Å². The second-order valence-corrected chi connectivity index (χ2v) is 5.68. The van der Waals surface area contributed by atoms with Crippen LogP contribution < -0.4 is 11.1 Å². The molecule has 0 aliphatic carbocycles. The number of rotatable bonds is 3. The molecule has 3 rings (SSSR count). The van der Waals surface area contributed by atoms with Crippen LogP contribution in [0.1, 0.15) is 16.1 Å². The first kappa shape index (κ1) is 12.1. The maximum atomic E-state index is 12.0. The van der Waals surface area contributed by atoms with Crippen molar-refractivity contribution < 1.29 is 4.79 Å². The number of nitrogens with zero attached hydrogens (tertiary/aromatic N) is 2. The second-order valence-electron chi connectivity index (χ2n) is 3.90. The number of hydrogen-bond donors (Lipinski definition) is 2. The van der Waals surface area contributed by atoms with Crippen molar-refractivity contribution in [2.24, 2.45) is 0 Å². The predicted octanol–water partition coefficient (Wildman–Crippen LogP) is 2.27. The molecule has 19 heavy (non-hydrogen) atoms. The van der Waals surface area contributed by atoms with Gasteiger partial charge in [0.05, 0.1) is 28.0 Å². The number of thiazole rings is 2. The molecule has 3 aromatic rings. The van der Waals surface area contributed by atoms with Gasteiger partial charge in [0.1, 0.15) is 0 Å². The van der Waals surface area contributed by atoms with Crippen LogP contribution in [0.15, 0.2) is 29.1 Å². The fourth-order valence-electron chi connectivity index (χ4n) is 1.68. The average Bonchev–Trinajstić information content (AvgIpc) is 3.02. The minimum absolute atomic E-state index is 0.123. The Morgan fingerprint density at radius 3 is 3.11 bits per heavy atom. The summed E-state index contributed by atoms with van der Waals surface area (Å²) < 4.78 is 0.916. The van der Waals surface area contributed by atoms with Crippen LogP contribution >= 0.6 is 22.7 Å². The highest BCUT2D eigenvalue weighted by Gasteiger charge is 2.08. The van der Waals surface area contributed by atoms with Crippen molar-refractivity contribution in [3.05, 3.63) is 40.3 Å². The molecule has 0 radical (unpaired) electrons. The van der Waals surface area contributed by atoms with E-state index in [0.717, 1.165) is 15.9 Å². The van der Waals surface area contributed by atoms with Crippen LogP contribution in [0.5, 0.6) is 0 Å². The number of benzene rings is 1. The Balaban J connectivity index is 1.77. The van der Waals surface area contributed by atoms with E-state index in [0.29, 0.717) is 17.2 Å². The molecule has 0 saturated heterocycles. The van der Waals surface area contributed by atoms with Crippen molar-refractivity contribution >= 4 is 43.9 Å². The molecule has 0 unspecified atom stereocenters. The number of hydrogen-bond acceptors (Lipinski definition) is 6. The van der Waals surface area contributed by atoms with E-state index in [1.165, 1.54) is 22.7 Å². The number of fused-ring (bicyclic) bond motifs is 1. The zero-order valence-electron chi connectivity index (χ0n) is 9.79. The molecule has 0 atom stereocenters. The molecule has 7 heteroatoms. The number of carbonyl (C=O) groups excluding carboxylic acids is 1. The quantitative estimate of drug-likeness (QED) is 0.775. The number of amides is 1. The van der Waals surface area contributed by atoms with E-state index in [2.05, 4.69) is 15.3 Å². The first-order valence-electron chi connectivity index (χ1n) is 5.54. The summed E-state index contributed by atoms with van der Waals surface area (Å²) in [5.41, 5.74) is 9.67. The molecule has 0 saturated carbocycles. The van der Waals surface area contributed by atoms with E-state index in [1.54, 1.807) is 23.7 Å². The van der Waals surface area contributed by atoms with Gasteiger partial charge in [-0.25, -0.2) is 9.97 Å². The highest BCUT2D eigenvalue weighted by Crippen LogP contribution is 2.24. The number of aromatic nitrogens is 2. The van der Waals surface area contributed by atoms with Crippen molar-refractivity contribution in [3.63, 3.8) is 0 Å². The first-order valence-corrected chi connectivity index (χ1v) is 7.29. The molecule has 0 spiro atoms. The molecule has 0 aliphatic heterocycles. The third kappa shape index (κ3) is 2.56. The van der Waals surface area contributed by atoms with Crippen molar-refractivity contribution in [1.29, 1.82) is 0 Å². The molecule has 1 amide bonds. The molecule has 2 aromatic heterocycles. The summed E-state index contributed by atoms with van der Waals surface area (Å²) in [6, 6.07) is 5.36. The summed E-state index contributed by atoms with van der Waals surface area (Å²) in [6.07, 6.45) is 0. The third-order valence-electron chi connectivity index (χ3n) is 2.58. The largest absolute Gasteiger partial charge is 0.375 e. The van der Waals surface area contributed by atoms with Crippen LogP contribution in [-0.2, 0) is 6.54 Å². The van der Waals surface area contributed by atoms with Crippen LogP contribution in [0.25, 0.3) is 10.2 Å². The van der Waals surface area contributed by atoms with Gasteiger partial charge in [-0.1, -0.05) is 11.3 Å². The summed E-state index contributed by atoms with van der Waals surface area (Å²) in [5.74, 6) is -0.123. The smallest absolute Gasteiger partial charge is 0.251 e. The summed E-state index contributed by atoms with van der Waals surface area (Å²) in [7, 11) is 0. The van der Waals surface area contributed by atoms with Crippen LogP contribution in [0.3, 0.4) is 0 Å². The van der Waals surface area contributed by atoms with Gasteiger partial charge in [-0.3, -0.25) is 4.79 Å². The summed E-state index contributed by atoms with van der Waals surface area (Å²) >= 11 is 2.88. The average molecular weight is 290 g/mol. The highest BCUT2D eigenvalue weighted by molar-refractivity contribution is 7.22. The molecule has 3 N–H and O–H groups in total. The Hall–Kier alpha value is -1.99. The first-order chi connectivity index (χ1) is 9.22. The van der Waals surface area contributed by atoms with Gasteiger partial charge in [-0.2, -0.15) is 0 Å². The number of nitrogens with two attached hydrogens (primary N) is 1. The van der Waals surface area contributed by atoms with E-state index in [-0.39, 0.29) is 5.91 Å². The van der Waals surface area contributed by atoms with Gasteiger partial charge in [-0.05, 0) is 18.2 Å². The zero-order valence-corrected chi connectivity index (χ0v) is 11.4. The fourth-order valence-corrected chi connectivity index (χ4v) is 3.01. The predicted molar refractivity (Wildman–Crippen MR) is 77.3 cm³/mol. The van der Waals surface area contributed by atoms with E-state index in [1.807, 2.05) is 5.38 Å². The summed E-state index contributed by atoms with van der Waals surface area (Å²) in [5, 5.41) is 5.25. The topological polar surface area (TPSA) is 80.9 Å². The second kappa shape index (κ2) is 4.94. The lowest BCUT2D eigenvalue weighted by Crippen LogP contribution is -2.22. The lowest BCUT2D eigenvalue weighted by atomic mass is 10.2. The standard InChI is InChI=1S/C12H10N4OS2/c13-12-16-9-2-1-7(3-10(9)19-12)11(17)14-4-8-5-18-6-15-8/h1-3,5-6H,4H2,(H2,13,16)(H,14,17). The number of anilines is 1. The lowest BCUT2D eigenvalue weighted by Gasteiger charge is -2.03. The van der Waals surface area contributed by atoms with Crippen LogP contribution in [0.4, 0.5) is 5.13 Å². The Labute approximate surface area is 117 Å². The Morgan fingerprint density at radius 1 is 1.42 bits per heavy atom. The molecular formula is C12H10N4OS2. The Morgan fingerprint density at radius 2 is 2.32 bits per heavy atom. The molecular weight excluding hydrogens is 280 g/mol. The monoisotopic (exact) mass is 290 g/mol. The Bertz CT molecular complexity index is 720. The third-order valence-corrected chi connectivity index (χ3v) is 4.06. The van der Waals surface area contributed by atoms with Gasteiger partial charge in [-0.15, -0.1) is 11.3 Å². The van der Waals surface area contributed by atoms with E-state index in [9.17, 15) is 4.79 Å². The normalized spacial score (nSPS) is 10.7. The summed E-state index contributed by atoms with van der Waals surface area (Å²) in [4.78, 5) is 20.3. The van der Waals surface area contributed by atoms with Crippen molar-refractivity contribution in [1.82, 2.24) is 15.3 Å². The van der Waals surface area contributed by atoms with Crippen molar-refractivity contribution in [2.75, 3.05) is 5.73 Å². The van der Waals surface area contributed by atoms with E-state index < -0.39 is 0 Å². The molecule has 5 nitrogen and oxygen atoms in total. The minimum atomic E-state index is -0.123. The molecule has 2 heterocycles. The van der Waals surface area contributed by atoms with Gasteiger partial charge < -0.3 is 11.1 Å². The Kier molecular flexibility index (Phi) is 3.14. The minimum Gasteiger partial charge on any atom is -0.375 e. The lowest BCUT2D eigenvalue weighted by molar-refractivity contribution is 0.0950. The fraction of sp³-hybridized carbons (Fsp3) is 0.0833. The number of carbonyl (C=O) groups is 1. The molecule has 0 bridgehead atoms. The van der Waals surface area contributed by atoms with Crippen LogP contribution in [0, 0.1) is 0 Å². The van der Waals surface area contributed by atoms with Gasteiger partial charge in [0.2, 0.25) is 0 Å². The molecule has 1 aromatic carbocycles. The summed E-state index contributed by atoms with van der Waals surface area (Å²) in [6.45, 7) is 0.436. The highest BCUT2D eigenvalue weighted by atomic mass is 32.1. The van der Waals surface area contributed by atoms with Gasteiger partial charge in [0.15, 0.2) is 5.13 Å². The van der Waals surface area contributed by atoms with E-state index in [4.69, 9.17) is 5.73 Å². The molecule has 96 valence electrons. The number of nitrogen functional groups attached to an aromatic ring is 1.